The molecular weight excluding hydrogens is 278 g/mol. The molecule has 6 heteroatoms. The number of rotatable bonds is 5. The lowest BCUT2D eigenvalue weighted by Crippen LogP contribution is -2.19. The van der Waals surface area contributed by atoms with Crippen LogP contribution in [-0.2, 0) is 6.54 Å². The average Bonchev–Trinajstić information content (AvgIpc) is 2.87. The fourth-order valence-electron chi connectivity index (χ4n) is 2.12. The van der Waals surface area contributed by atoms with Crippen LogP contribution in [0.5, 0.6) is 5.75 Å². The molecule has 0 unspecified atom stereocenters. The van der Waals surface area contributed by atoms with Gasteiger partial charge in [0.15, 0.2) is 0 Å². The number of aromatic nitrogens is 2. The summed E-state index contributed by atoms with van der Waals surface area (Å²) in [6.45, 7) is 0.933. The SMILES string of the molecule is NCc1nc(-c2cc(Cl)ccc2OCC2CCC2)no1. The third-order valence-corrected chi connectivity index (χ3v) is 3.76. The maximum atomic E-state index is 6.04. The molecule has 1 aromatic carbocycles. The molecule has 0 amide bonds. The first-order valence-corrected chi connectivity index (χ1v) is 7.09. The Labute approximate surface area is 122 Å². The Morgan fingerprint density at radius 2 is 2.25 bits per heavy atom. The minimum Gasteiger partial charge on any atom is -0.493 e. The first-order chi connectivity index (χ1) is 9.76. The number of nitrogens with two attached hydrogens (primary N) is 1. The summed E-state index contributed by atoms with van der Waals surface area (Å²) in [4.78, 5) is 4.22. The molecule has 2 aromatic rings. The van der Waals surface area contributed by atoms with Crippen LogP contribution in [-0.4, -0.2) is 16.7 Å². The molecule has 0 radical (unpaired) electrons. The monoisotopic (exact) mass is 293 g/mol. The van der Waals surface area contributed by atoms with Gasteiger partial charge in [-0.05, 0) is 37.0 Å². The zero-order valence-corrected chi connectivity index (χ0v) is 11.8. The fourth-order valence-corrected chi connectivity index (χ4v) is 2.29. The third kappa shape index (κ3) is 2.78. The molecule has 0 spiro atoms. The minimum atomic E-state index is 0.214. The Balaban J connectivity index is 1.84. The van der Waals surface area contributed by atoms with Gasteiger partial charge in [-0.25, -0.2) is 0 Å². The van der Waals surface area contributed by atoms with Crippen molar-refractivity contribution in [2.75, 3.05) is 6.61 Å². The number of halogens is 1. The quantitative estimate of drug-likeness (QED) is 0.917. The van der Waals surface area contributed by atoms with E-state index in [1.807, 2.05) is 6.07 Å². The van der Waals surface area contributed by atoms with Crippen molar-refractivity contribution in [1.29, 1.82) is 0 Å². The number of hydrogen-bond acceptors (Lipinski definition) is 5. The van der Waals surface area contributed by atoms with Gasteiger partial charge in [0.05, 0.1) is 18.7 Å². The van der Waals surface area contributed by atoms with Gasteiger partial charge in [0, 0.05) is 5.02 Å². The average molecular weight is 294 g/mol. The Morgan fingerprint density at radius 1 is 1.40 bits per heavy atom. The molecule has 1 heterocycles. The van der Waals surface area contributed by atoms with Crippen molar-refractivity contribution in [3.8, 4) is 17.1 Å². The molecule has 106 valence electrons. The highest BCUT2D eigenvalue weighted by Gasteiger charge is 2.20. The van der Waals surface area contributed by atoms with E-state index in [4.69, 9.17) is 26.6 Å². The molecule has 1 saturated carbocycles. The zero-order valence-electron chi connectivity index (χ0n) is 11.0. The van der Waals surface area contributed by atoms with Crippen LogP contribution < -0.4 is 10.5 Å². The van der Waals surface area contributed by atoms with Gasteiger partial charge in [-0.15, -0.1) is 0 Å². The van der Waals surface area contributed by atoms with Gasteiger partial charge in [0.2, 0.25) is 11.7 Å². The van der Waals surface area contributed by atoms with Gasteiger partial charge in [0.1, 0.15) is 5.75 Å². The van der Waals surface area contributed by atoms with Crippen LogP contribution in [0.3, 0.4) is 0 Å². The lowest BCUT2D eigenvalue weighted by molar-refractivity contribution is 0.181. The molecule has 5 nitrogen and oxygen atoms in total. The number of benzene rings is 1. The van der Waals surface area contributed by atoms with Gasteiger partial charge in [-0.3, -0.25) is 0 Å². The summed E-state index contributed by atoms with van der Waals surface area (Å²) in [5.41, 5.74) is 6.22. The molecule has 0 aliphatic heterocycles. The normalized spacial score (nSPS) is 15.1. The van der Waals surface area contributed by atoms with Crippen LogP contribution in [0.25, 0.3) is 11.4 Å². The highest BCUT2D eigenvalue weighted by Crippen LogP contribution is 2.33. The van der Waals surface area contributed by atoms with Gasteiger partial charge in [-0.2, -0.15) is 4.98 Å². The standard InChI is InChI=1S/C14H16ClN3O2/c15-10-4-5-12(19-8-9-2-1-3-9)11(6-10)14-17-13(7-16)20-18-14/h4-6,9H,1-3,7-8,16H2. The van der Waals surface area contributed by atoms with E-state index in [0.717, 1.165) is 17.9 Å². The van der Waals surface area contributed by atoms with Crippen LogP contribution in [0.1, 0.15) is 25.2 Å². The van der Waals surface area contributed by atoms with Gasteiger partial charge in [0.25, 0.3) is 0 Å². The summed E-state index contributed by atoms with van der Waals surface area (Å²) < 4.78 is 10.9. The van der Waals surface area contributed by atoms with E-state index in [2.05, 4.69) is 10.1 Å². The Kier molecular flexibility index (Phi) is 3.89. The predicted octanol–water partition coefficient (Wildman–Crippen LogP) is 3.03. The second kappa shape index (κ2) is 5.81. The number of nitrogens with zero attached hydrogens (tertiary/aromatic N) is 2. The molecule has 1 aliphatic rings. The highest BCUT2D eigenvalue weighted by molar-refractivity contribution is 6.30. The number of hydrogen-bond donors (Lipinski definition) is 1. The molecule has 0 saturated heterocycles. The van der Waals surface area contributed by atoms with Crippen LogP contribution in [0.4, 0.5) is 0 Å². The fraction of sp³-hybridized carbons (Fsp3) is 0.429. The van der Waals surface area contributed by atoms with E-state index in [9.17, 15) is 0 Å². The van der Waals surface area contributed by atoms with E-state index in [0.29, 0.717) is 22.7 Å². The Hall–Kier alpha value is -1.59. The second-order valence-corrected chi connectivity index (χ2v) is 5.40. The van der Waals surface area contributed by atoms with Crippen molar-refractivity contribution in [2.24, 2.45) is 11.7 Å². The van der Waals surface area contributed by atoms with Gasteiger partial charge >= 0.3 is 0 Å². The van der Waals surface area contributed by atoms with E-state index in [1.54, 1.807) is 12.1 Å². The summed E-state index contributed by atoms with van der Waals surface area (Å²) in [5.74, 6) is 2.23. The van der Waals surface area contributed by atoms with Crippen molar-refractivity contribution >= 4 is 11.6 Å². The highest BCUT2D eigenvalue weighted by atomic mass is 35.5. The second-order valence-electron chi connectivity index (χ2n) is 4.96. The first kappa shape index (κ1) is 13.4. The molecule has 3 rings (SSSR count). The lowest BCUT2D eigenvalue weighted by Gasteiger charge is -2.25. The van der Waals surface area contributed by atoms with Crippen molar-refractivity contribution < 1.29 is 9.26 Å². The lowest BCUT2D eigenvalue weighted by atomic mass is 9.86. The summed E-state index contributed by atoms with van der Waals surface area (Å²) >= 11 is 6.04. The van der Waals surface area contributed by atoms with E-state index >= 15 is 0 Å². The molecule has 20 heavy (non-hydrogen) atoms. The maximum Gasteiger partial charge on any atom is 0.240 e. The smallest absolute Gasteiger partial charge is 0.240 e. The number of ether oxygens (including phenoxy) is 1. The van der Waals surface area contributed by atoms with Crippen molar-refractivity contribution in [3.05, 3.63) is 29.1 Å². The molecule has 1 aliphatic carbocycles. The Bertz CT molecular complexity index is 596. The topological polar surface area (TPSA) is 74.2 Å². The van der Waals surface area contributed by atoms with E-state index in [1.165, 1.54) is 19.3 Å². The summed E-state index contributed by atoms with van der Waals surface area (Å²) in [7, 11) is 0. The maximum absolute atomic E-state index is 6.04. The molecule has 0 bridgehead atoms. The van der Waals surface area contributed by atoms with Crippen LogP contribution in [0.15, 0.2) is 22.7 Å². The zero-order chi connectivity index (χ0) is 13.9. The van der Waals surface area contributed by atoms with Gasteiger partial charge in [-0.1, -0.05) is 23.2 Å². The first-order valence-electron chi connectivity index (χ1n) is 6.71. The predicted molar refractivity (Wildman–Crippen MR) is 75.5 cm³/mol. The third-order valence-electron chi connectivity index (χ3n) is 3.52. The van der Waals surface area contributed by atoms with Crippen molar-refractivity contribution in [1.82, 2.24) is 10.1 Å². The van der Waals surface area contributed by atoms with Crippen LogP contribution in [0, 0.1) is 5.92 Å². The summed E-state index contributed by atoms with van der Waals surface area (Å²) in [6, 6.07) is 5.42. The molecule has 0 atom stereocenters. The Morgan fingerprint density at radius 3 is 2.90 bits per heavy atom. The molecular formula is C14H16ClN3O2. The molecule has 1 fully saturated rings. The largest absolute Gasteiger partial charge is 0.493 e. The molecule has 2 N–H and O–H groups in total. The van der Waals surface area contributed by atoms with E-state index < -0.39 is 0 Å². The van der Waals surface area contributed by atoms with Crippen LogP contribution in [0.2, 0.25) is 5.02 Å². The van der Waals surface area contributed by atoms with Crippen LogP contribution >= 0.6 is 11.6 Å². The van der Waals surface area contributed by atoms with E-state index in [-0.39, 0.29) is 6.54 Å². The summed E-state index contributed by atoms with van der Waals surface area (Å²) in [6.07, 6.45) is 3.77. The van der Waals surface area contributed by atoms with Crippen molar-refractivity contribution in [2.45, 2.75) is 25.8 Å². The summed E-state index contributed by atoms with van der Waals surface area (Å²) in [5, 5.41) is 4.52. The molecule has 1 aromatic heterocycles. The van der Waals surface area contributed by atoms with Gasteiger partial charge < -0.3 is 15.0 Å². The van der Waals surface area contributed by atoms with Crippen molar-refractivity contribution in [3.63, 3.8) is 0 Å². The minimum absolute atomic E-state index is 0.214.